The Hall–Kier alpha value is -1.86. The van der Waals surface area contributed by atoms with Crippen molar-refractivity contribution >= 4 is 15.7 Å². The van der Waals surface area contributed by atoms with E-state index < -0.39 is 21.9 Å². The fraction of sp³-hybridized carbons (Fsp3) is 0.286. The number of furan rings is 1. The van der Waals surface area contributed by atoms with Gasteiger partial charge in [-0.1, -0.05) is 0 Å². The minimum Gasteiger partial charge on any atom is -0.466 e. The van der Waals surface area contributed by atoms with Crippen molar-refractivity contribution in [2.24, 2.45) is 0 Å². The smallest absolute Gasteiger partial charge is 0.241 e. The number of rotatable bonds is 4. The number of benzene rings is 1. The van der Waals surface area contributed by atoms with Crippen LogP contribution in [0.15, 0.2) is 33.6 Å². The molecule has 0 bridgehead atoms. The summed E-state index contributed by atoms with van der Waals surface area (Å²) in [4.78, 5) is -0.0777. The summed E-state index contributed by atoms with van der Waals surface area (Å²) in [6, 6.07) is 4.61. The second-order valence-corrected chi connectivity index (χ2v) is 6.61. The van der Waals surface area contributed by atoms with Crippen LogP contribution in [0, 0.1) is 19.7 Å². The number of aryl methyl sites for hydroxylation is 2. The molecule has 0 aliphatic carbocycles. The predicted molar refractivity (Wildman–Crippen MR) is 77.7 cm³/mol. The third-order valence-electron chi connectivity index (χ3n) is 3.16. The molecule has 1 atom stereocenters. The van der Waals surface area contributed by atoms with E-state index in [0.717, 1.165) is 17.7 Å². The van der Waals surface area contributed by atoms with Gasteiger partial charge in [-0.05, 0) is 45.0 Å². The number of anilines is 1. The highest BCUT2D eigenvalue weighted by Crippen LogP contribution is 2.24. The first-order valence-electron chi connectivity index (χ1n) is 6.35. The molecule has 0 aliphatic heterocycles. The van der Waals surface area contributed by atoms with Gasteiger partial charge in [0.2, 0.25) is 10.0 Å². The molecule has 21 heavy (non-hydrogen) atoms. The van der Waals surface area contributed by atoms with Gasteiger partial charge in [0.1, 0.15) is 17.3 Å². The van der Waals surface area contributed by atoms with E-state index in [1.54, 1.807) is 26.8 Å². The summed E-state index contributed by atoms with van der Waals surface area (Å²) in [5.41, 5.74) is 5.95. The normalized spacial score (nSPS) is 13.3. The molecule has 0 saturated carbocycles. The Morgan fingerprint density at radius 3 is 2.48 bits per heavy atom. The lowest BCUT2D eigenvalue weighted by atomic mass is 10.1. The van der Waals surface area contributed by atoms with Gasteiger partial charge in [-0.25, -0.2) is 17.5 Å². The number of nitrogens with two attached hydrogens (primary N) is 1. The largest absolute Gasteiger partial charge is 0.466 e. The molecule has 7 heteroatoms. The third kappa shape index (κ3) is 3.25. The molecular formula is C14H17FN2O3S. The molecule has 1 aromatic carbocycles. The van der Waals surface area contributed by atoms with Gasteiger partial charge < -0.3 is 10.2 Å². The van der Waals surface area contributed by atoms with E-state index in [9.17, 15) is 12.8 Å². The second-order valence-electron chi connectivity index (χ2n) is 4.89. The van der Waals surface area contributed by atoms with Crippen LogP contribution in [-0.4, -0.2) is 8.42 Å². The Bertz CT molecular complexity index is 769. The van der Waals surface area contributed by atoms with Crippen LogP contribution in [0.1, 0.15) is 30.0 Å². The van der Waals surface area contributed by atoms with Crippen molar-refractivity contribution in [1.29, 1.82) is 0 Å². The fourth-order valence-electron chi connectivity index (χ4n) is 2.13. The average Bonchev–Trinajstić information content (AvgIpc) is 2.71. The monoisotopic (exact) mass is 312 g/mol. The number of hydrogen-bond donors (Lipinski definition) is 2. The molecule has 114 valence electrons. The molecule has 0 radical (unpaired) electrons. The number of nitrogens with one attached hydrogen (secondary N) is 1. The van der Waals surface area contributed by atoms with Crippen LogP contribution in [0.3, 0.4) is 0 Å². The van der Waals surface area contributed by atoms with Gasteiger partial charge in [0.15, 0.2) is 0 Å². The molecule has 1 heterocycles. The van der Waals surface area contributed by atoms with Gasteiger partial charge >= 0.3 is 0 Å². The minimum absolute atomic E-state index is 0.0777. The summed E-state index contributed by atoms with van der Waals surface area (Å²) >= 11 is 0. The first-order valence-corrected chi connectivity index (χ1v) is 7.83. The van der Waals surface area contributed by atoms with Crippen LogP contribution in [-0.2, 0) is 10.0 Å². The standard InChI is InChI=1S/C14H17FN2O3S/c1-8-6-12(10(3)20-8)9(2)17-21(18,19)11-4-5-13(15)14(16)7-11/h4-7,9,17H,16H2,1-3H3. The highest BCUT2D eigenvalue weighted by molar-refractivity contribution is 7.89. The van der Waals surface area contributed by atoms with Gasteiger partial charge in [-0.15, -0.1) is 0 Å². The summed E-state index contributed by atoms with van der Waals surface area (Å²) in [5.74, 6) is 0.712. The van der Waals surface area contributed by atoms with Crippen LogP contribution >= 0.6 is 0 Å². The maximum absolute atomic E-state index is 13.1. The SMILES string of the molecule is Cc1cc(C(C)NS(=O)(=O)c2ccc(F)c(N)c2)c(C)o1. The summed E-state index contributed by atoms with van der Waals surface area (Å²) in [7, 11) is -3.79. The van der Waals surface area contributed by atoms with Crippen molar-refractivity contribution in [3.8, 4) is 0 Å². The van der Waals surface area contributed by atoms with Crippen molar-refractivity contribution in [1.82, 2.24) is 4.72 Å². The molecule has 5 nitrogen and oxygen atoms in total. The zero-order chi connectivity index (χ0) is 15.8. The molecular weight excluding hydrogens is 295 g/mol. The van der Waals surface area contributed by atoms with Crippen molar-refractivity contribution in [3.63, 3.8) is 0 Å². The number of hydrogen-bond acceptors (Lipinski definition) is 4. The number of sulfonamides is 1. The topological polar surface area (TPSA) is 85.3 Å². The Kier molecular flexibility index (Phi) is 4.06. The van der Waals surface area contributed by atoms with Gasteiger partial charge in [0.25, 0.3) is 0 Å². The van der Waals surface area contributed by atoms with E-state index in [1.165, 1.54) is 6.07 Å². The molecule has 2 rings (SSSR count). The number of halogens is 1. The molecule has 1 unspecified atom stereocenters. The van der Waals surface area contributed by atoms with Crippen molar-refractivity contribution in [2.75, 3.05) is 5.73 Å². The fourth-order valence-corrected chi connectivity index (χ4v) is 3.39. The third-order valence-corrected chi connectivity index (χ3v) is 4.69. The van der Waals surface area contributed by atoms with Crippen molar-refractivity contribution in [3.05, 3.63) is 47.2 Å². The van der Waals surface area contributed by atoms with Crippen LogP contribution in [0.5, 0.6) is 0 Å². The lowest BCUT2D eigenvalue weighted by Crippen LogP contribution is -2.27. The van der Waals surface area contributed by atoms with Gasteiger partial charge in [-0.3, -0.25) is 0 Å². The van der Waals surface area contributed by atoms with Crippen LogP contribution in [0.4, 0.5) is 10.1 Å². The highest BCUT2D eigenvalue weighted by atomic mass is 32.2. The van der Waals surface area contributed by atoms with Crippen LogP contribution < -0.4 is 10.5 Å². The molecule has 1 aromatic heterocycles. The molecule has 2 aromatic rings. The molecule has 0 fully saturated rings. The Labute approximate surface area is 123 Å². The van der Waals surface area contributed by atoms with Crippen molar-refractivity contribution in [2.45, 2.75) is 31.7 Å². The summed E-state index contributed by atoms with van der Waals surface area (Å²) < 4.78 is 45.6. The summed E-state index contributed by atoms with van der Waals surface area (Å²) in [5, 5.41) is 0. The van der Waals surface area contributed by atoms with E-state index in [1.807, 2.05) is 0 Å². The van der Waals surface area contributed by atoms with Crippen LogP contribution in [0.25, 0.3) is 0 Å². The average molecular weight is 312 g/mol. The Balaban J connectivity index is 2.28. The van der Waals surface area contributed by atoms with E-state index in [0.29, 0.717) is 11.5 Å². The van der Waals surface area contributed by atoms with E-state index >= 15 is 0 Å². The van der Waals surface area contributed by atoms with E-state index in [2.05, 4.69) is 4.72 Å². The van der Waals surface area contributed by atoms with Crippen molar-refractivity contribution < 1.29 is 17.2 Å². The zero-order valence-electron chi connectivity index (χ0n) is 12.0. The zero-order valence-corrected chi connectivity index (χ0v) is 12.8. The van der Waals surface area contributed by atoms with Gasteiger partial charge in [-0.2, -0.15) is 0 Å². The molecule has 0 spiro atoms. The minimum atomic E-state index is -3.79. The quantitative estimate of drug-likeness (QED) is 0.850. The first kappa shape index (κ1) is 15.5. The number of nitrogen functional groups attached to an aromatic ring is 1. The van der Waals surface area contributed by atoms with Crippen LogP contribution in [0.2, 0.25) is 0 Å². The van der Waals surface area contributed by atoms with Gasteiger partial charge in [0.05, 0.1) is 10.6 Å². The highest BCUT2D eigenvalue weighted by Gasteiger charge is 2.21. The maximum Gasteiger partial charge on any atom is 0.241 e. The first-order chi connectivity index (χ1) is 9.70. The van der Waals surface area contributed by atoms with Gasteiger partial charge in [0, 0.05) is 11.6 Å². The lowest BCUT2D eigenvalue weighted by Gasteiger charge is -2.14. The molecule has 0 saturated heterocycles. The predicted octanol–water partition coefficient (Wildman–Crippen LogP) is 2.66. The maximum atomic E-state index is 13.1. The summed E-state index contributed by atoms with van der Waals surface area (Å²) in [6.07, 6.45) is 0. The Morgan fingerprint density at radius 1 is 1.29 bits per heavy atom. The van der Waals surface area contributed by atoms with E-state index in [-0.39, 0.29) is 10.6 Å². The lowest BCUT2D eigenvalue weighted by molar-refractivity contribution is 0.496. The summed E-state index contributed by atoms with van der Waals surface area (Å²) in [6.45, 7) is 5.27. The van der Waals surface area contributed by atoms with E-state index in [4.69, 9.17) is 10.2 Å². The Morgan fingerprint density at radius 2 is 1.95 bits per heavy atom. The molecule has 3 N–H and O–H groups in total. The second kappa shape index (κ2) is 5.50. The molecule has 0 amide bonds. The molecule has 0 aliphatic rings.